The van der Waals surface area contributed by atoms with Gasteiger partial charge in [-0.1, -0.05) is 18.2 Å². The number of nitrogens with one attached hydrogen (secondary N) is 1. The molecule has 0 amide bonds. The fourth-order valence-corrected chi connectivity index (χ4v) is 3.86. The van der Waals surface area contributed by atoms with Crippen LogP contribution in [0.15, 0.2) is 41.3 Å². The lowest BCUT2D eigenvalue weighted by Gasteiger charge is -2.09. The third-order valence-corrected chi connectivity index (χ3v) is 5.80. The molecule has 24 heavy (non-hydrogen) atoms. The molecule has 0 atom stereocenters. The van der Waals surface area contributed by atoms with Crippen LogP contribution in [0, 0.1) is 20.8 Å². The van der Waals surface area contributed by atoms with E-state index in [9.17, 15) is 8.42 Å². The number of aromatic nitrogens is 2. The van der Waals surface area contributed by atoms with Gasteiger partial charge in [0.05, 0.1) is 22.5 Å². The summed E-state index contributed by atoms with van der Waals surface area (Å²) in [4.78, 5) is 4.82. The molecule has 3 aromatic rings. The van der Waals surface area contributed by atoms with Crippen LogP contribution in [0.1, 0.15) is 22.5 Å². The molecular formula is C18H21N3O2S. The van der Waals surface area contributed by atoms with E-state index in [-0.39, 0.29) is 11.4 Å². The van der Waals surface area contributed by atoms with Crippen LogP contribution in [-0.4, -0.2) is 18.0 Å². The minimum Gasteiger partial charge on any atom is -0.330 e. The summed E-state index contributed by atoms with van der Waals surface area (Å²) in [6.45, 7) is 6.04. The van der Waals surface area contributed by atoms with Crippen molar-refractivity contribution in [1.29, 1.82) is 0 Å². The van der Waals surface area contributed by atoms with Crippen LogP contribution in [0.25, 0.3) is 11.0 Å². The summed E-state index contributed by atoms with van der Waals surface area (Å²) >= 11 is 0. The summed E-state index contributed by atoms with van der Waals surface area (Å²) < 4.78 is 29.6. The molecule has 0 spiro atoms. The molecular weight excluding hydrogens is 322 g/mol. The van der Waals surface area contributed by atoms with Gasteiger partial charge in [-0.2, -0.15) is 0 Å². The number of aryl methyl sites for hydroxylation is 4. The highest BCUT2D eigenvalue weighted by Crippen LogP contribution is 2.19. The Hall–Kier alpha value is -2.18. The first-order valence-electron chi connectivity index (χ1n) is 7.77. The van der Waals surface area contributed by atoms with E-state index in [0.29, 0.717) is 5.82 Å². The van der Waals surface area contributed by atoms with Crippen molar-refractivity contribution in [3.8, 4) is 0 Å². The van der Waals surface area contributed by atoms with Crippen LogP contribution >= 0.6 is 0 Å². The van der Waals surface area contributed by atoms with E-state index in [2.05, 4.69) is 9.71 Å². The average molecular weight is 343 g/mol. The summed E-state index contributed by atoms with van der Waals surface area (Å²) in [5.41, 5.74) is 5.04. The number of hydrogen-bond donors (Lipinski definition) is 1. The number of benzene rings is 2. The molecule has 0 aliphatic heterocycles. The molecule has 0 bridgehead atoms. The predicted molar refractivity (Wildman–Crippen MR) is 95.4 cm³/mol. The van der Waals surface area contributed by atoms with E-state index in [0.717, 1.165) is 27.7 Å². The molecule has 126 valence electrons. The van der Waals surface area contributed by atoms with E-state index in [1.807, 2.05) is 56.7 Å². The van der Waals surface area contributed by atoms with Crippen molar-refractivity contribution in [2.45, 2.75) is 32.2 Å². The quantitative estimate of drug-likeness (QED) is 0.792. The molecule has 0 radical (unpaired) electrons. The molecule has 0 aliphatic carbocycles. The van der Waals surface area contributed by atoms with E-state index >= 15 is 0 Å². The maximum atomic E-state index is 12.5. The third kappa shape index (κ3) is 2.95. The Bertz CT molecular complexity index is 1020. The Balaban J connectivity index is 1.88. The highest BCUT2D eigenvalue weighted by Gasteiger charge is 2.17. The van der Waals surface area contributed by atoms with Gasteiger partial charge in [0.1, 0.15) is 5.82 Å². The SMILES string of the molecule is Cc1ccc(S(=O)(=O)NCc2nc3cccc(C)c3n2C)cc1C. The van der Waals surface area contributed by atoms with Gasteiger partial charge in [-0.15, -0.1) is 0 Å². The van der Waals surface area contributed by atoms with Crippen molar-refractivity contribution in [1.82, 2.24) is 14.3 Å². The molecule has 1 N–H and O–H groups in total. The first kappa shape index (κ1) is 16.7. The van der Waals surface area contributed by atoms with Crippen LogP contribution in [0.5, 0.6) is 0 Å². The first-order chi connectivity index (χ1) is 11.3. The van der Waals surface area contributed by atoms with E-state index in [1.165, 1.54) is 0 Å². The van der Waals surface area contributed by atoms with Crippen molar-refractivity contribution in [3.63, 3.8) is 0 Å². The molecule has 5 nitrogen and oxygen atoms in total. The standard InChI is InChI=1S/C18H21N3O2S/c1-12-8-9-15(10-14(12)3)24(22,23)19-11-17-20-16-7-5-6-13(2)18(16)21(17)4/h5-10,19H,11H2,1-4H3. The maximum Gasteiger partial charge on any atom is 0.240 e. The summed E-state index contributed by atoms with van der Waals surface area (Å²) in [6.07, 6.45) is 0. The van der Waals surface area contributed by atoms with Crippen molar-refractivity contribution in [2.24, 2.45) is 7.05 Å². The molecule has 3 rings (SSSR count). The molecule has 0 aliphatic rings. The summed E-state index contributed by atoms with van der Waals surface area (Å²) in [5, 5.41) is 0. The molecule has 0 fully saturated rings. The van der Waals surface area contributed by atoms with Crippen LogP contribution in [0.4, 0.5) is 0 Å². The number of imidazole rings is 1. The van der Waals surface area contributed by atoms with Gasteiger partial charge in [-0.25, -0.2) is 18.1 Å². The highest BCUT2D eigenvalue weighted by atomic mass is 32.2. The smallest absolute Gasteiger partial charge is 0.240 e. The van der Waals surface area contributed by atoms with Gasteiger partial charge in [0.15, 0.2) is 0 Å². The van der Waals surface area contributed by atoms with Crippen molar-refractivity contribution in [2.75, 3.05) is 0 Å². The van der Waals surface area contributed by atoms with E-state index < -0.39 is 10.0 Å². The Labute approximate surface area is 142 Å². The zero-order valence-corrected chi connectivity index (χ0v) is 15.1. The maximum absolute atomic E-state index is 12.5. The van der Waals surface area contributed by atoms with E-state index in [1.54, 1.807) is 12.1 Å². The zero-order chi connectivity index (χ0) is 17.5. The van der Waals surface area contributed by atoms with Gasteiger partial charge in [0, 0.05) is 7.05 Å². The fraction of sp³-hybridized carbons (Fsp3) is 0.278. The Morgan fingerprint density at radius 2 is 1.79 bits per heavy atom. The van der Waals surface area contributed by atoms with E-state index in [4.69, 9.17) is 0 Å². The van der Waals surface area contributed by atoms with Gasteiger partial charge >= 0.3 is 0 Å². The Morgan fingerprint density at radius 1 is 1.04 bits per heavy atom. The Kier molecular flexibility index (Phi) is 4.19. The number of fused-ring (bicyclic) bond motifs is 1. The van der Waals surface area contributed by atoms with Gasteiger partial charge in [-0.3, -0.25) is 0 Å². The summed E-state index contributed by atoms with van der Waals surface area (Å²) in [7, 11) is -1.66. The third-order valence-electron chi connectivity index (χ3n) is 4.40. The lowest BCUT2D eigenvalue weighted by Crippen LogP contribution is -2.24. The minimum atomic E-state index is -3.57. The van der Waals surface area contributed by atoms with Gasteiger partial charge in [0.25, 0.3) is 0 Å². The number of hydrogen-bond acceptors (Lipinski definition) is 3. The molecule has 1 heterocycles. The second-order valence-corrected chi connectivity index (χ2v) is 7.87. The molecule has 6 heteroatoms. The van der Waals surface area contributed by atoms with Crippen LogP contribution in [0.2, 0.25) is 0 Å². The minimum absolute atomic E-state index is 0.153. The van der Waals surface area contributed by atoms with Crippen molar-refractivity contribution < 1.29 is 8.42 Å². The van der Waals surface area contributed by atoms with Gasteiger partial charge < -0.3 is 4.57 Å². The van der Waals surface area contributed by atoms with Crippen LogP contribution < -0.4 is 4.72 Å². The normalized spacial score (nSPS) is 12.0. The number of sulfonamides is 1. The lowest BCUT2D eigenvalue weighted by atomic mass is 10.1. The zero-order valence-electron chi connectivity index (χ0n) is 14.3. The average Bonchev–Trinajstić information content (AvgIpc) is 2.85. The van der Waals surface area contributed by atoms with Crippen LogP contribution in [-0.2, 0) is 23.6 Å². The first-order valence-corrected chi connectivity index (χ1v) is 9.26. The molecule has 0 unspecified atom stereocenters. The molecule has 1 aromatic heterocycles. The Morgan fingerprint density at radius 3 is 2.46 bits per heavy atom. The predicted octanol–water partition coefficient (Wildman–Crippen LogP) is 2.98. The number of nitrogens with zero attached hydrogens (tertiary/aromatic N) is 2. The monoisotopic (exact) mass is 343 g/mol. The number of para-hydroxylation sites is 1. The van der Waals surface area contributed by atoms with Gasteiger partial charge in [-0.05, 0) is 55.7 Å². The van der Waals surface area contributed by atoms with Gasteiger partial charge in [0.2, 0.25) is 10.0 Å². The lowest BCUT2D eigenvalue weighted by molar-refractivity contribution is 0.578. The number of rotatable bonds is 4. The van der Waals surface area contributed by atoms with Crippen LogP contribution in [0.3, 0.4) is 0 Å². The highest BCUT2D eigenvalue weighted by molar-refractivity contribution is 7.89. The van der Waals surface area contributed by atoms with Crippen molar-refractivity contribution >= 4 is 21.1 Å². The van der Waals surface area contributed by atoms with Crippen molar-refractivity contribution in [3.05, 3.63) is 58.9 Å². The molecule has 0 saturated heterocycles. The molecule has 2 aromatic carbocycles. The topological polar surface area (TPSA) is 64.0 Å². The largest absolute Gasteiger partial charge is 0.330 e. The summed E-state index contributed by atoms with van der Waals surface area (Å²) in [6, 6.07) is 11.0. The second kappa shape index (κ2) is 6.03. The second-order valence-electron chi connectivity index (χ2n) is 6.10. The fourth-order valence-electron chi connectivity index (χ4n) is 2.80. The molecule has 0 saturated carbocycles. The summed E-state index contributed by atoms with van der Waals surface area (Å²) in [5.74, 6) is 0.687.